The van der Waals surface area contributed by atoms with Crippen LogP contribution in [0.2, 0.25) is 0 Å². The number of phenolic OH excluding ortho intramolecular Hbond substituents is 2. The molecule has 0 fully saturated rings. The Morgan fingerprint density at radius 1 is 1.16 bits per heavy atom. The van der Waals surface area contributed by atoms with E-state index >= 15 is 0 Å². The number of aromatic hydroxyl groups is 2. The molecule has 0 amide bonds. The van der Waals surface area contributed by atoms with Crippen molar-refractivity contribution in [1.29, 1.82) is 0 Å². The maximum absolute atomic E-state index is 12.5. The number of aromatic amines is 1. The number of pyridine rings is 1. The molecule has 0 aliphatic heterocycles. The van der Waals surface area contributed by atoms with Crippen LogP contribution in [0.1, 0.15) is 28.5 Å². The minimum Gasteiger partial charge on any atom is -0.508 e. The summed E-state index contributed by atoms with van der Waals surface area (Å²) in [6.45, 7) is 1.84. The highest BCUT2D eigenvalue weighted by molar-refractivity contribution is 6.07. The summed E-state index contributed by atoms with van der Waals surface area (Å²) in [6, 6.07) is 11.7. The normalized spacial score (nSPS) is 10.8. The number of benzene rings is 2. The van der Waals surface area contributed by atoms with Crippen molar-refractivity contribution >= 4 is 16.7 Å². The van der Waals surface area contributed by atoms with Crippen LogP contribution in [0.5, 0.6) is 11.5 Å². The van der Waals surface area contributed by atoms with Crippen molar-refractivity contribution in [3.63, 3.8) is 0 Å². The fourth-order valence-electron chi connectivity index (χ4n) is 2.84. The van der Waals surface area contributed by atoms with Crippen molar-refractivity contribution in [2.75, 3.05) is 6.61 Å². The number of carbonyl (C=O) groups excluding carboxylic acids is 1. The molecule has 0 bridgehead atoms. The zero-order chi connectivity index (χ0) is 18.0. The fraction of sp³-hybridized carbons (Fsp3) is 0.158. The van der Waals surface area contributed by atoms with Gasteiger partial charge in [0.2, 0.25) is 0 Å². The number of hydrogen-bond donors (Lipinski definition) is 3. The lowest BCUT2D eigenvalue weighted by Crippen LogP contribution is -2.18. The molecule has 1 heterocycles. The van der Waals surface area contributed by atoms with Crippen LogP contribution >= 0.6 is 0 Å². The topological polar surface area (TPSA) is 99.6 Å². The first-order chi connectivity index (χ1) is 12.0. The number of carbonyl (C=O) groups is 1. The molecule has 6 nitrogen and oxygen atoms in total. The zero-order valence-electron chi connectivity index (χ0n) is 13.6. The second kappa shape index (κ2) is 6.68. The van der Waals surface area contributed by atoms with E-state index in [1.807, 2.05) is 30.3 Å². The van der Waals surface area contributed by atoms with Gasteiger partial charge in [0.05, 0.1) is 17.6 Å². The Kier molecular flexibility index (Phi) is 4.43. The highest BCUT2D eigenvalue weighted by atomic mass is 16.5. The van der Waals surface area contributed by atoms with Gasteiger partial charge < -0.3 is 19.9 Å². The molecule has 0 saturated heterocycles. The lowest BCUT2D eigenvalue weighted by molar-refractivity contribution is 0.0527. The Morgan fingerprint density at radius 3 is 2.56 bits per heavy atom. The molecule has 0 aliphatic carbocycles. The summed E-state index contributed by atoms with van der Waals surface area (Å²) in [5.74, 6) is -1.26. The molecule has 0 aliphatic rings. The van der Waals surface area contributed by atoms with Crippen LogP contribution in [0, 0.1) is 0 Å². The monoisotopic (exact) mass is 339 g/mol. The van der Waals surface area contributed by atoms with Crippen LogP contribution in [-0.2, 0) is 11.2 Å². The number of H-pyrrole nitrogens is 1. The molecule has 3 aromatic rings. The molecule has 0 saturated carbocycles. The van der Waals surface area contributed by atoms with E-state index in [0.29, 0.717) is 12.1 Å². The van der Waals surface area contributed by atoms with Gasteiger partial charge in [0.1, 0.15) is 11.5 Å². The SMILES string of the molecule is CCOC(=O)c1c(Cc2ccccc2)[nH]c(=O)c2c(O)cc(O)cc12. The van der Waals surface area contributed by atoms with Crippen LogP contribution in [0.3, 0.4) is 0 Å². The minimum absolute atomic E-state index is 0.0577. The lowest BCUT2D eigenvalue weighted by Gasteiger charge is -2.13. The predicted molar refractivity (Wildman–Crippen MR) is 93.1 cm³/mol. The molecule has 3 N–H and O–H groups in total. The predicted octanol–water partition coefficient (Wildman–Crippen LogP) is 2.71. The van der Waals surface area contributed by atoms with Gasteiger partial charge in [-0.2, -0.15) is 0 Å². The molecule has 128 valence electrons. The van der Waals surface area contributed by atoms with Crippen LogP contribution < -0.4 is 5.56 Å². The van der Waals surface area contributed by atoms with Gasteiger partial charge in [0.25, 0.3) is 5.56 Å². The molecular weight excluding hydrogens is 322 g/mol. The van der Waals surface area contributed by atoms with E-state index in [4.69, 9.17) is 4.74 Å². The van der Waals surface area contributed by atoms with Crippen LogP contribution in [0.15, 0.2) is 47.3 Å². The largest absolute Gasteiger partial charge is 0.508 e. The average Bonchev–Trinajstić information content (AvgIpc) is 2.55. The van der Waals surface area contributed by atoms with E-state index in [0.717, 1.165) is 11.6 Å². The first-order valence-corrected chi connectivity index (χ1v) is 7.83. The maximum atomic E-state index is 12.5. The Labute approximate surface area is 143 Å². The maximum Gasteiger partial charge on any atom is 0.340 e. The van der Waals surface area contributed by atoms with Crippen molar-refractivity contribution in [2.45, 2.75) is 13.3 Å². The quantitative estimate of drug-likeness (QED) is 0.635. The Balaban J connectivity index is 2.30. The number of hydrogen-bond acceptors (Lipinski definition) is 5. The summed E-state index contributed by atoms with van der Waals surface area (Å²) in [7, 11) is 0. The van der Waals surface area contributed by atoms with Gasteiger partial charge in [-0.1, -0.05) is 30.3 Å². The molecule has 0 radical (unpaired) electrons. The first-order valence-electron chi connectivity index (χ1n) is 7.83. The van der Waals surface area contributed by atoms with Crippen LogP contribution in [0.25, 0.3) is 10.8 Å². The van der Waals surface area contributed by atoms with Gasteiger partial charge in [0, 0.05) is 23.6 Å². The minimum atomic E-state index is -0.625. The third-order valence-electron chi connectivity index (χ3n) is 3.87. The highest BCUT2D eigenvalue weighted by Gasteiger charge is 2.22. The number of aromatic nitrogens is 1. The van der Waals surface area contributed by atoms with Crippen molar-refractivity contribution in [2.24, 2.45) is 0 Å². The average molecular weight is 339 g/mol. The second-order valence-electron chi connectivity index (χ2n) is 5.58. The zero-order valence-corrected chi connectivity index (χ0v) is 13.6. The van der Waals surface area contributed by atoms with Crippen molar-refractivity contribution in [1.82, 2.24) is 4.98 Å². The standard InChI is InChI=1S/C19H17NO5/c1-2-25-19(24)16-13-9-12(21)10-15(22)17(13)18(23)20-14(16)8-11-6-4-3-5-7-11/h3-7,9-10,21-22H,2,8H2,1H3,(H,20,23). The first kappa shape index (κ1) is 16.6. The number of phenols is 2. The molecule has 0 spiro atoms. The summed E-state index contributed by atoms with van der Waals surface area (Å²) in [4.78, 5) is 27.6. The van der Waals surface area contributed by atoms with Crippen LogP contribution in [0.4, 0.5) is 0 Å². The number of rotatable bonds is 4. The van der Waals surface area contributed by atoms with E-state index in [-0.39, 0.29) is 28.7 Å². The van der Waals surface area contributed by atoms with E-state index < -0.39 is 17.3 Å². The number of esters is 1. The van der Waals surface area contributed by atoms with Gasteiger partial charge in [-0.3, -0.25) is 4.79 Å². The van der Waals surface area contributed by atoms with E-state index in [2.05, 4.69) is 4.98 Å². The molecule has 6 heteroatoms. The molecule has 25 heavy (non-hydrogen) atoms. The smallest absolute Gasteiger partial charge is 0.340 e. The summed E-state index contributed by atoms with van der Waals surface area (Å²) in [6.07, 6.45) is 0.302. The Hall–Kier alpha value is -3.28. The Morgan fingerprint density at radius 2 is 1.88 bits per heavy atom. The number of ether oxygens (including phenoxy) is 1. The number of fused-ring (bicyclic) bond motifs is 1. The van der Waals surface area contributed by atoms with Crippen molar-refractivity contribution in [3.8, 4) is 11.5 Å². The molecule has 0 unspecified atom stereocenters. The Bertz CT molecular complexity index is 992. The van der Waals surface area contributed by atoms with Gasteiger partial charge in [0.15, 0.2) is 0 Å². The highest BCUT2D eigenvalue weighted by Crippen LogP contribution is 2.31. The lowest BCUT2D eigenvalue weighted by atomic mass is 9.99. The summed E-state index contributed by atoms with van der Waals surface area (Å²) in [5, 5.41) is 19.9. The second-order valence-corrected chi connectivity index (χ2v) is 5.58. The summed E-state index contributed by atoms with van der Waals surface area (Å²) in [5.41, 5.74) is 0.859. The fourth-order valence-corrected chi connectivity index (χ4v) is 2.84. The van der Waals surface area contributed by atoms with Gasteiger partial charge >= 0.3 is 5.97 Å². The van der Waals surface area contributed by atoms with E-state index in [9.17, 15) is 19.8 Å². The van der Waals surface area contributed by atoms with E-state index in [1.165, 1.54) is 6.07 Å². The third kappa shape index (κ3) is 3.19. The molecule has 1 aromatic heterocycles. The third-order valence-corrected chi connectivity index (χ3v) is 3.87. The van der Waals surface area contributed by atoms with Crippen molar-refractivity contribution < 1.29 is 19.7 Å². The van der Waals surface area contributed by atoms with Gasteiger partial charge in [-0.25, -0.2) is 4.79 Å². The van der Waals surface area contributed by atoms with Gasteiger partial charge in [-0.15, -0.1) is 0 Å². The van der Waals surface area contributed by atoms with Gasteiger partial charge in [-0.05, 0) is 18.6 Å². The summed E-state index contributed by atoms with van der Waals surface area (Å²) < 4.78 is 5.11. The molecular formula is C19H17NO5. The van der Waals surface area contributed by atoms with E-state index in [1.54, 1.807) is 6.92 Å². The number of nitrogens with one attached hydrogen (secondary N) is 1. The summed E-state index contributed by atoms with van der Waals surface area (Å²) >= 11 is 0. The molecule has 0 atom stereocenters. The van der Waals surface area contributed by atoms with Crippen molar-refractivity contribution in [3.05, 3.63) is 69.6 Å². The molecule has 3 rings (SSSR count). The molecule has 2 aromatic carbocycles. The van der Waals surface area contributed by atoms with Crippen LogP contribution in [-0.4, -0.2) is 27.8 Å².